The van der Waals surface area contributed by atoms with Crippen molar-refractivity contribution >= 4 is 18.0 Å². The van der Waals surface area contributed by atoms with Gasteiger partial charge in [0.1, 0.15) is 0 Å². The molecule has 0 radical (unpaired) electrons. The van der Waals surface area contributed by atoms with Crippen molar-refractivity contribution in [1.82, 2.24) is 15.3 Å². The summed E-state index contributed by atoms with van der Waals surface area (Å²) in [4.78, 5) is 28.2. The van der Waals surface area contributed by atoms with E-state index in [0.29, 0.717) is 13.0 Å². The number of carboxylic acids is 1. The van der Waals surface area contributed by atoms with Gasteiger partial charge in [-0.25, -0.2) is 4.98 Å². The van der Waals surface area contributed by atoms with Crippen LogP contribution in [0.1, 0.15) is 25.0 Å². The quantitative estimate of drug-likeness (QED) is 0.611. The molecule has 0 spiro atoms. The fraction of sp³-hybridized carbons (Fsp3) is 0.364. The van der Waals surface area contributed by atoms with Gasteiger partial charge in [0.05, 0.1) is 18.2 Å². The lowest BCUT2D eigenvalue weighted by Gasteiger charge is -2.00. The number of carbonyl (C=O) groups is 2. The predicted molar refractivity (Wildman–Crippen MR) is 62.1 cm³/mol. The Bertz CT molecular complexity index is 385. The van der Waals surface area contributed by atoms with E-state index < -0.39 is 5.97 Å². The van der Waals surface area contributed by atoms with Gasteiger partial charge < -0.3 is 15.4 Å². The number of aliphatic carboxylic acids is 1. The number of nitrogens with zero attached hydrogens (tertiary/aromatic N) is 1. The largest absolute Gasteiger partial charge is 0.481 e. The van der Waals surface area contributed by atoms with Crippen molar-refractivity contribution < 1.29 is 14.7 Å². The van der Waals surface area contributed by atoms with Crippen LogP contribution in [-0.2, 0) is 9.59 Å². The molecule has 1 aromatic heterocycles. The molecule has 0 fully saturated rings. The summed E-state index contributed by atoms with van der Waals surface area (Å²) in [6.45, 7) is 0.392. The second kappa shape index (κ2) is 7.21. The predicted octanol–water partition coefficient (Wildman–Crippen LogP) is 0.794. The molecule has 92 valence electrons. The molecule has 0 atom stereocenters. The van der Waals surface area contributed by atoms with Gasteiger partial charge in [0.15, 0.2) is 0 Å². The standard InChI is InChI=1S/C11H15N3O3/c15-10(13-6-2-5-11(16)17)4-1-3-9-7-12-8-14-9/h1,3,7-8H,2,4-6H2,(H,12,14)(H,13,15)(H,16,17)/b3-1-. The summed E-state index contributed by atoms with van der Waals surface area (Å²) < 4.78 is 0. The Balaban J connectivity index is 2.11. The SMILES string of the molecule is O=C(O)CCCNC(=O)C/C=C\c1cnc[nH]1. The van der Waals surface area contributed by atoms with Crippen molar-refractivity contribution in [2.75, 3.05) is 6.54 Å². The molecule has 6 heteroatoms. The van der Waals surface area contributed by atoms with Crippen LogP contribution < -0.4 is 5.32 Å². The minimum Gasteiger partial charge on any atom is -0.481 e. The first-order chi connectivity index (χ1) is 8.18. The molecule has 6 nitrogen and oxygen atoms in total. The average molecular weight is 237 g/mol. The van der Waals surface area contributed by atoms with E-state index in [9.17, 15) is 9.59 Å². The van der Waals surface area contributed by atoms with Gasteiger partial charge in [0, 0.05) is 19.4 Å². The highest BCUT2D eigenvalue weighted by Gasteiger charge is 1.99. The molecule has 1 rings (SSSR count). The molecule has 1 heterocycles. The number of hydrogen-bond donors (Lipinski definition) is 3. The molecule has 1 amide bonds. The Morgan fingerprint density at radius 3 is 3.00 bits per heavy atom. The number of carboxylic acid groups (broad SMARTS) is 1. The summed E-state index contributed by atoms with van der Waals surface area (Å²) in [6.07, 6.45) is 7.50. The number of nitrogens with one attached hydrogen (secondary N) is 2. The number of aromatic amines is 1. The number of imidazole rings is 1. The fourth-order valence-electron chi connectivity index (χ4n) is 1.19. The van der Waals surface area contributed by atoms with Crippen LogP contribution in [0.15, 0.2) is 18.6 Å². The zero-order valence-electron chi connectivity index (χ0n) is 9.35. The lowest BCUT2D eigenvalue weighted by molar-refractivity contribution is -0.137. The van der Waals surface area contributed by atoms with E-state index in [-0.39, 0.29) is 18.7 Å². The van der Waals surface area contributed by atoms with Crippen LogP contribution in [-0.4, -0.2) is 33.5 Å². The van der Waals surface area contributed by atoms with Gasteiger partial charge in [-0.3, -0.25) is 9.59 Å². The second-order valence-corrected chi connectivity index (χ2v) is 3.46. The van der Waals surface area contributed by atoms with E-state index in [1.165, 1.54) is 0 Å². The molecule has 0 aliphatic heterocycles. The minimum absolute atomic E-state index is 0.0737. The summed E-state index contributed by atoms with van der Waals surface area (Å²) in [5, 5.41) is 11.0. The summed E-state index contributed by atoms with van der Waals surface area (Å²) in [6, 6.07) is 0. The Morgan fingerprint density at radius 2 is 2.35 bits per heavy atom. The summed E-state index contributed by atoms with van der Waals surface area (Å²) in [5.41, 5.74) is 0.837. The molecule has 3 N–H and O–H groups in total. The zero-order valence-corrected chi connectivity index (χ0v) is 9.35. The van der Waals surface area contributed by atoms with Gasteiger partial charge in [-0.1, -0.05) is 6.08 Å². The molecular formula is C11H15N3O3. The third kappa shape index (κ3) is 6.14. The fourth-order valence-corrected chi connectivity index (χ4v) is 1.19. The van der Waals surface area contributed by atoms with Crippen molar-refractivity contribution in [3.63, 3.8) is 0 Å². The highest BCUT2D eigenvalue weighted by atomic mass is 16.4. The van der Waals surface area contributed by atoms with Gasteiger partial charge in [-0.15, -0.1) is 0 Å². The number of rotatable bonds is 7. The maximum atomic E-state index is 11.3. The molecule has 1 aromatic rings. The highest BCUT2D eigenvalue weighted by molar-refractivity contribution is 5.78. The van der Waals surface area contributed by atoms with Crippen molar-refractivity contribution in [2.45, 2.75) is 19.3 Å². The van der Waals surface area contributed by atoms with Crippen molar-refractivity contribution in [3.05, 3.63) is 24.3 Å². The van der Waals surface area contributed by atoms with Gasteiger partial charge >= 0.3 is 5.97 Å². The van der Waals surface area contributed by atoms with Crippen molar-refractivity contribution in [3.8, 4) is 0 Å². The Kier molecular flexibility index (Phi) is 5.50. The summed E-state index contributed by atoms with van der Waals surface area (Å²) in [7, 11) is 0. The molecule has 0 saturated carbocycles. The Morgan fingerprint density at radius 1 is 1.53 bits per heavy atom. The van der Waals surface area contributed by atoms with Gasteiger partial charge in [0.25, 0.3) is 0 Å². The van der Waals surface area contributed by atoms with E-state index in [1.807, 2.05) is 0 Å². The number of H-pyrrole nitrogens is 1. The van der Waals surface area contributed by atoms with E-state index in [0.717, 1.165) is 5.69 Å². The molecule has 0 aromatic carbocycles. The molecule has 0 aliphatic carbocycles. The minimum atomic E-state index is -0.849. The van der Waals surface area contributed by atoms with Crippen LogP contribution in [0.5, 0.6) is 0 Å². The third-order valence-corrected chi connectivity index (χ3v) is 2.01. The number of hydrogen-bond acceptors (Lipinski definition) is 3. The van der Waals surface area contributed by atoms with Crippen LogP contribution in [0, 0.1) is 0 Å². The first kappa shape index (κ1) is 13.0. The Labute approximate surface area is 98.8 Å². The van der Waals surface area contributed by atoms with Gasteiger partial charge in [-0.05, 0) is 12.5 Å². The summed E-state index contributed by atoms with van der Waals surface area (Å²) in [5.74, 6) is -0.968. The topological polar surface area (TPSA) is 95.1 Å². The first-order valence-electron chi connectivity index (χ1n) is 5.32. The van der Waals surface area contributed by atoms with E-state index in [2.05, 4.69) is 15.3 Å². The maximum Gasteiger partial charge on any atom is 0.303 e. The molecular weight excluding hydrogens is 222 g/mol. The van der Waals surface area contributed by atoms with E-state index in [1.54, 1.807) is 24.7 Å². The van der Waals surface area contributed by atoms with Crippen LogP contribution >= 0.6 is 0 Å². The smallest absolute Gasteiger partial charge is 0.303 e. The van der Waals surface area contributed by atoms with Crippen LogP contribution in [0.25, 0.3) is 6.08 Å². The highest BCUT2D eigenvalue weighted by Crippen LogP contribution is 1.96. The average Bonchev–Trinajstić information content (AvgIpc) is 2.77. The monoisotopic (exact) mass is 237 g/mol. The third-order valence-electron chi connectivity index (χ3n) is 2.01. The molecule has 0 aliphatic rings. The second-order valence-electron chi connectivity index (χ2n) is 3.46. The van der Waals surface area contributed by atoms with Crippen molar-refractivity contribution in [1.29, 1.82) is 0 Å². The van der Waals surface area contributed by atoms with E-state index in [4.69, 9.17) is 5.11 Å². The Hall–Kier alpha value is -2.11. The van der Waals surface area contributed by atoms with Crippen molar-refractivity contribution in [2.24, 2.45) is 0 Å². The van der Waals surface area contributed by atoms with Crippen LogP contribution in [0.3, 0.4) is 0 Å². The number of amides is 1. The molecule has 0 bridgehead atoms. The molecule has 0 saturated heterocycles. The maximum absolute atomic E-state index is 11.3. The number of aromatic nitrogens is 2. The van der Waals surface area contributed by atoms with Crippen LogP contribution in [0.4, 0.5) is 0 Å². The first-order valence-corrected chi connectivity index (χ1v) is 5.32. The van der Waals surface area contributed by atoms with Gasteiger partial charge in [0.2, 0.25) is 5.91 Å². The van der Waals surface area contributed by atoms with Gasteiger partial charge in [-0.2, -0.15) is 0 Å². The zero-order chi connectivity index (χ0) is 12.5. The van der Waals surface area contributed by atoms with Crippen LogP contribution in [0.2, 0.25) is 0 Å². The molecule has 17 heavy (non-hydrogen) atoms. The summed E-state index contributed by atoms with van der Waals surface area (Å²) >= 11 is 0. The lowest BCUT2D eigenvalue weighted by Crippen LogP contribution is -2.23. The van der Waals surface area contributed by atoms with E-state index >= 15 is 0 Å². The number of carbonyl (C=O) groups excluding carboxylic acids is 1. The lowest BCUT2D eigenvalue weighted by atomic mass is 10.3. The normalized spacial score (nSPS) is 10.6. The molecule has 0 unspecified atom stereocenters.